The van der Waals surface area contributed by atoms with E-state index in [2.05, 4.69) is 26.8 Å². The molecule has 12 heavy (non-hydrogen) atoms. The zero-order valence-corrected chi connectivity index (χ0v) is 7.72. The average molecular weight is 163 g/mol. The van der Waals surface area contributed by atoms with Crippen molar-refractivity contribution in [3.05, 3.63) is 23.7 Å². The molecule has 0 fully saturated rings. The number of rotatable bonds is 1. The van der Waals surface area contributed by atoms with Crippen LogP contribution in [-0.2, 0) is 11.8 Å². The average Bonchev–Trinajstić information content (AvgIpc) is 2.35. The molecule has 1 rings (SSSR count). The topological polar surface area (TPSA) is 36.9 Å². The van der Waals surface area contributed by atoms with E-state index < -0.39 is 0 Å². The maximum Gasteiger partial charge on any atom is 0.118 e. The normalized spacial score (nSPS) is 11.2. The maximum atomic E-state index is 8.42. The molecule has 0 N–H and O–H groups in total. The van der Waals surface area contributed by atoms with Gasteiger partial charge in [0.25, 0.3) is 0 Å². The van der Waals surface area contributed by atoms with E-state index in [1.54, 1.807) is 6.26 Å². The smallest absolute Gasteiger partial charge is 0.118 e. The number of nitrogens with zero attached hydrogens (tertiary/aromatic N) is 1. The molecule has 2 nitrogen and oxygen atoms in total. The van der Waals surface area contributed by atoms with Gasteiger partial charge < -0.3 is 4.42 Å². The Hall–Kier alpha value is -1.23. The van der Waals surface area contributed by atoms with Crippen LogP contribution in [0.4, 0.5) is 0 Å². The highest BCUT2D eigenvalue weighted by Crippen LogP contribution is 2.24. The van der Waals surface area contributed by atoms with Gasteiger partial charge in [0.2, 0.25) is 0 Å². The Labute approximate surface area is 72.8 Å². The summed E-state index contributed by atoms with van der Waals surface area (Å²) in [5.41, 5.74) is 1.25. The predicted octanol–water partition coefficient (Wildman–Crippen LogP) is 2.64. The van der Waals surface area contributed by atoms with Crippen molar-refractivity contribution in [2.45, 2.75) is 32.6 Å². The molecule has 0 bridgehead atoms. The molecule has 0 saturated heterocycles. The highest BCUT2D eigenvalue weighted by atomic mass is 16.3. The third-order valence-electron chi connectivity index (χ3n) is 1.77. The van der Waals surface area contributed by atoms with Gasteiger partial charge in [0.05, 0.1) is 18.8 Å². The fourth-order valence-electron chi connectivity index (χ4n) is 0.945. The summed E-state index contributed by atoms with van der Waals surface area (Å²) in [5.74, 6) is 0.752. The first-order valence-corrected chi connectivity index (χ1v) is 3.99. The molecule has 0 spiro atoms. The first-order valence-electron chi connectivity index (χ1n) is 3.99. The van der Waals surface area contributed by atoms with Crippen molar-refractivity contribution >= 4 is 0 Å². The molecule has 1 aromatic heterocycles. The summed E-state index contributed by atoms with van der Waals surface area (Å²) in [6, 6.07) is 4.00. The van der Waals surface area contributed by atoms with Crippen molar-refractivity contribution < 1.29 is 4.42 Å². The van der Waals surface area contributed by atoms with Crippen molar-refractivity contribution in [2.75, 3.05) is 0 Å². The van der Waals surface area contributed by atoms with Crippen LogP contribution in [0.3, 0.4) is 0 Å². The Morgan fingerprint density at radius 3 is 2.58 bits per heavy atom. The molecule has 0 saturated carbocycles. The number of hydrogen-bond donors (Lipinski definition) is 0. The second-order valence-electron chi connectivity index (χ2n) is 3.89. The highest BCUT2D eigenvalue weighted by molar-refractivity contribution is 5.22. The van der Waals surface area contributed by atoms with E-state index in [1.807, 2.05) is 6.07 Å². The van der Waals surface area contributed by atoms with Gasteiger partial charge in [-0.15, -0.1) is 0 Å². The van der Waals surface area contributed by atoms with Gasteiger partial charge in [0.1, 0.15) is 5.76 Å². The fourth-order valence-corrected chi connectivity index (χ4v) is 0.945. The van der Waals surface area contributed by atoms with Gasteiger partial charge in [-0.1, -0.05) is 20.8 Å². The van der Waals surface area contributed by atoms with Crippen LogP contribution in [0.15, 0.2) is 16.7 Å². The summed E-state index contributed by atoms with van der Waals surface area (Å²) >= 11 is 0. The standard InChI is InChI=1S/C10H13NO/c1-10(2,3)8-6-9(4-5-11)12-7-8/h6-7H,4H2,1-3H3. The van der Waals surface area contributed by atoms with Crippen molar-refractivity contribution in [2.24, 2.45) is 0 Å². The Morgan fingerprint density at radius 2 is 2.17 bits per heavy atom. The van der Waals surface area contributed by atoms with E-state index >= 15 is 0 Å². The molecule has 0 aromatic carbocycles. The van der Waals surface area contributed by atoms with Crippen molar-refractivity contribution in [1.82, 2.24) is 0 Å². The largest absolute Gasteiger partial charge is 0.468 e. The lowest BCUT2D eigenvalue weighted by atomic mass is 9.89. The quantitative estimate of drug-likeness (QED) is 0.638. The minimum absolute atomic E-state index is 0.108. The molecule has 0 amide bonds. The van der Waals surface area contributed by atoms with Gasteiger partial charge in [0.15, 0.2) is 0 Å². The molecule has 1 aromatic rings. The molecule has 0 atom stereocenters. The number of nitriles is 1. The van der Waals surface area contributed by atoms with E-state index in [0.717, 1.165) is 11.3 Å². The minimum Gasteiger partial charge on any atom is -0.468 e. The van der Waals surface area contributed by atoms with Crippen LogP contribution in [0.1, 0.15) is 32.1 Å². The molecule has 0 aliphatic rings. The highest BCUT2D eigenvalue weighted by Gasteiger charge is 2.16. The Morgan fingerprint density at radius 1 is 1.50 bits per heavy atom. The van der Waals surface area contributed by atoms with Gasteiger partial charge in [-0.25, -0.2) is 0 Å². The van der Waals surface area contributed by atoms with Crippen LogP contribution in [0.5, 0.6) is 0 Å². The fraction of sp³-hybridized carbons (Fsp3) is 0.500. The summed E-state index contributed by atoms with van der Waals surface area (Å²) in [6.07, 6.45) is 2.09. The molecule has 0 radical (unpaired) electrons. The van der Waals surface area contributed by atoms with Gasteiger partial charge >= 0.3 is 0 Å². The molecule has 0 aliphatic heterocycles. The second kappa shape index (κ2) is 3.02. The summed E-state index contributed by atoms with van der Waals surface area (Å²) in [4.78, 5) is 0. The van der Waals surface area contributed by atoms with E-state index in [9.17, 15) is 0 Å². The Balaban J connectivity index is 2.86. The monoisotopic (exact) mass is 163 g/mol. The summed E-state index contributed by atoms with van der Waals surface area (Å²) in [6.45, 7) is 6.36. The van der Waals surface area contributed by atoms with Gasteiger partial charge in [-0.05, 0) is 17.0 Å². The Bertz CT molecular complexity index is 298. The molecule has 0 aliphatic carbocycles. The third-order valence-corrected chi connectivity index (χ3v) is 1.77. The lowest BCUT2D eigenvalue weighted by Crippen LogP contribution is -2.09. The van der Waals surface area contributed by atoms with E-state index in [4.69, 9.17) is 9.68 Å². The van der Waals surface area contributed by atoms with E-state index in [1.165, 1.54) is 0 Å². The summed E-state index contributed by atoms with van der Waals surface area (Å²) in [7, 11) is 0. The van der Waals surface area contributed by atoms with Crippen LogP contribution in [0.2, 0.25) is 0 Å². The van der Waals surface area contributed by atoms with Gasteiger partial charge in [0, 0.05) is 0 Å². The molecule has 64 valence electrons. The first-order chi connectivity index (χ1) is 5.54. The van der Waals surface area contributed by atoms with Crippen LogP contribution >= 0.6 is 0 Å². The summed E-state index contributed by atoms with van der Waals surface area (Å²) < 4.78 is 5.21. The van der Waals surface area contributed by atoms with E-state index in [0.29, 0.717) is 6.42 Å². The van der Waals surface area contributed by atoms with Crippen LogP contribution in [0, 0.1) is 11.3 Å². The van der Waals surface area contributed by atoms with Gasteiger partial charge in [-0.2, -0.15) is 5.26 Å². The lowest BCUT2D eigenvalue weighted by Gasteiger charge is -2.14. The summed E-state index contributed by atoms with van der Waals surface area (Å²) in [5, 5.41) is 8.42. The number of hydrogen-bond acceptors (Lipinski definition) is 2. The van der Waals surface area contributed by atoms with Crippen molar-refractivity contribution in [1.29, 1.82) is 5.26 Å². The third kappa shape index (κ3) is 1.88. The lowest BCUT2D eigenvalue weighted by molar-refractivity contribution is 0.509. The number of furan rings is 1. The van der Waals surface area contributed by atoms with Crippen molar-refractivity contribution in [3.63, 3.8) is 0 Å². The molecular weight excluding hydrogens is 150 g/mol. The van der Waals surface area contributed by atoms with Crippen LogP contribution < -0.4 is 0 Å². The predicted molar refractivity (Wildman–Crippen MR) is 46.7 cm³/mol. The van der Waals surface area contributed by atoms with Gasteiger partial charge in [-0.3, -0.25) is 0 Å². The van der Waals surface area contributed by atoms with Crippen LogP contribution in [-0.4, -0.2) is 0 Å². The zero-order valence-electron chi connectivity index (χ0n) is 7.72. The second-order valence-corrected chi connectivity index (χ2v) is 3.89. The van der Waals surface area contributed by atoms with Crippen LogP contribution in [0.25, 0.3) is 0 Å². The maximum absolute atomic E-state index is 8.42. The van der Waals surface area contributed by atoms with E-state index in [-0.39, 0.29) is 5.41 Å². The molecular formula is C10H13NO. The molecule has 1 heterocycles. The van der Waals surface area contributed by atoms with Crippen molar-refractivity contribution in [3.8, 4) is 6.07 Å². The molecule has 2 heteroatoms. The minimum atomic E-state index is 0.108. The Kier molecular flexibility index (Phi) is 2.23. The SMILES string of the molecule is CC(C)(C)c1coc(CC#N)c1. The zero-order chi connectivity index (χ0) is 9.19. The first kappa shape index (κ1) is 8.86. The molecule has 0 unspecified atom stereocenters.